The second-order valence-electron chi connectivity index (χ2n) is 4.94. The molecule has 3 rings (SSSR count). The fourth-order valence-corrected chi connectivity index (χ4v) is 2.66. The Bertz CT molecular complexity index is 757. The first-order valence-corrected chi connectivity index (χ1v) is 8.47. The minimum absolute atomic E-state index is 0.709. The van der Waals surface area contributed by atoms with Gasteiger partial charge in [0.05, 0.1) is 5.69 Å². The second kappa shape index (κ2) is 7.30. The number of aromatic nitrogens is 3. The molecule has 0 saturated heterocycles. The van der Waals surface area contributed by atoms with Crippen molar-refractivity contribution in [2.75, 3.05) is 13.3 Å². The van der Waals surface area contributed by atoms with Gasteiger partial charge in [-0.05, 0) is 55.8 Å². The van der Waals surface area contributed by atoms with E-state index in [2.05, 4.69) is 39.9 Å². The van der Waals surface area contributed by atoms with E-state index < -0.39 is 0 Å². The lowest BCUT2D eigenvalue weighted by Crippen LogP contribution is -2.07. The molecular weight excluding hydrogens is 308 g/mol. The largest absolute Gasteiger partial charge is 0.457 e. The maximum Gasteiger partial charge on any atom is 0.138 e. The molecule has 0 aliphatic carbocycles. The molecule has 23 heavy (non-hydrogen) atoms. The van der Waals surface area contributed by atoms with E-state index >= 15 is 0 Å². The summed E-state index contributed by atoms with van der Waals surface area (Å²) in [4.78, 5) is 5.20. The standard InChI is InChI=1S/C17H18N4OS/c1-18-10-13-9-14(21-12-19-11-20-21)3-8-17(13)22-15-4-6-16(23-2)7-5-15/h3-9,11-12,18H,10H2,1-2H3. The van der Waals surface area contributed by atoms with Crippen LogP contribution >= 0.6 is 11.8 Å². The Morgan fingerprint density at radius 2 is 2.00 bits per heavy atom. The van der Waals surface area contributed by atoms with Gasteiger partial charge in [0.15, 0.2) is 0 Å². The van der Waals surface area contributed by atoms with E-state index in [0.29, 0.717) is 6.54 Å². The molecule has 1 N–H and O–H groups in total. The van der Waals surface area contributed by atoms with Crippen molar-refractivity contribution in [3.63, 3.8) is 0 Å². The summed E-state index contributed by atoms with van der Waals surface area (Å²) in [6, 6.07) is 14.1. The van der Waals surface area contributed by atoms with E-state index in [-0.39, 0.29) is 0 Å². The van der Waals surface area contributed by atoms with Crippen LogP contribution in [0.15, 0.2) is 60.0 Å². The van der Waals surface area contributed by atoms with Crippen molar-refractivity contribution in [3.05, 3.63) is 60.7 Å². The molecule has 1 aromatic heterocycles. The van der Waals surface area contributed by atoms with Crippen LogP contribution in [-0.4, -0.2) is 28.1 Å². The summed E-state index contributed by atoms with van der Waals surface area (Å²) in [6.07, 6.45) is 5.26. The smallest absolute Gasteiger partial charge is 0.138 e. The number of rotatable bonds is 6. The zero-order valence-electron chi connectivity index (χ0n) is 13.1. The van der Waals surface area contributed by atoms with Crippen LogP contribution in [0.1, 0.15) is 5.56 Å². The summed E-state index contributed by atoms with van der Waals surface area (Å²) < 4.78 is 7.77. The number of ether oxygens (including phenoxy) is 1. The average Bonchev–Trinajstić information content (AvgIpc) is 3.12. The van der Waals surface area contributed by atoms with Gasteiger partial charge in [0.25, 0.3) is 0 Å². The van der Waals surface area contributed by atoms with Crippen LogP contribution in [0.25, 0.3) is 5.69 Å². The highest BCUT2D eigenvalue weighted by atomic mass is 32.2. The summed E-state index contributed by atoms with van der Waals surface area (Å²) in [5.74, 6) is 1.66. The normalized spacial score (nSPS) is 10.7. The van der Waals surface area contributed by atoms with Crippen LogP contribution in [0.5, 0.6) is 11.5 Å². The van der Waals surface area contributed by atoms with Gasteiger partial charge in [-0.25, -0.2) is 9.67 Å². The maximum atomic E-state index is 6.04. The molecule has 0 radical (unpaired) electrons. The molecule has 0 saturated carbocycles. The Labute approximate surface area is 139 Å². The number of hydrogen-bond acceptors (Lipinski definition) is 5. The average molecular weight is 326 g/mol. The zero-order valence-corrected chi connectivity index (χ0v) is 13.9. The molecular formula is C17H18N4OS. The molecule has 1 heterocycles. The minimum atomic E-state index is 0.709. The monoisotopic (exact) mass is 326 g/mol. The first-order valence-electron chi connectivity index (χ1n) is 7.24. The predicted octanol–water partition coefficient (Wildman–Crippen LogP) is 3.50. The highest BCUT2D eigenvalue weighted by molar-refractivity contribution is 7.98. The van der Waals surface area contributed by atoms with Gasteiger partial charge in [0.1, 0.15) is 24.2 Å². The highest BCUT2D eigenvalue weighted by Crippen LogP contribution is 2.28. The lowest BCUT2D eigenvalue weighted by atomic mass is 10.1. The van der Waals surface area contributed by atoms with Gasteiger partial charge in [-0.15, -0.1) is 11.8 Å². The fraction of sp³-hybridized carbons (Fsp3) is 0.176. The molecule has 0 atom stereocenters. The van der Waals surface area contributed by atoms with E-state index in [0.717, 1.165) is 22.7 Å². The Morgan fingerprint density at radius 3 is 2.65 bits per heavy atom. The molecule has 0 amide bonds. The molecule has 0 aliphatic rings. The molecule has 3 aromatic rings. The Hall–Kier alpha value is -2.31. The van der Waals surface area contributed by atoms with Crippen LogP contribution < -0.4 is 10.1 Å². The third-order valence-corrected chi connectivity index (χ3v) is 4.13. The molecule has 0 aliphatic heterocycles. The van der Waals surface area contributed by atoms with Crippen molar-refractivity contribution in [2.45, 2.75) is 11.4 Å². The van der Waals surface area contributed by atoms with Gasteiger partial charge in [0, 0.05) is 17.0 Å². The molecule has 5 nitrogen and oxygen atoms in total. The summed E-state index contributed by atoms with van der Waals surface area (Å²) >= 11 is 1.71. The van der Waals surface area contributed by atoms with Gasteiger partial charge in [-0.3, -0.25) is 0 Å². The van der Waals surface area contributed by atoms with Crippen molar-refractivity contribution in [3.8, 4) is 17.2 Å². The van der Waals surface area contributed by atoms with Crippen LogP contribution in [0, 0.1) is 0 Å². The first kappa shape index (κ1) is 15.6. The zero-order chi connectivity index (χ0) is 16.1. The van der Waals surface area contributed by atoms with Gasteiger partial charge < -0.3 is 10.1 Å². The van der Waals surface area contributed by atoms with E-state index in [4.69, 9.17) is 4.74 Å². The molecule has 0 fully saturated rings. The Balaban J connectivity index is 1.88. The minimum Gasteiger partial charge on any atom is -0.457 e. The topological polar surface area (TPSA) is 52.0 Å². The van der Waals surface area contributed by atoms with E-state index in [1.54, 1.807) is 22.8 Å². The van der Waals surface area contributed by atoms with Crippen LogP contribution in [-0.2, 0) is 6.54 Å². The first-order chi connectivity index (χ1) is 11.3. The molecule has 0 bridgehead atoms. The van der Waals surface area contributed by atoms with Crippen molar-refractivity contribution in [1.29, 1.82) is 0 Å². The highest BCUT2D eigenvalue weighted by Gasteiger charge is 2.08. The SMILES string of the molecule is CNCc1cc(-n2cncn2)ccc1Oc1ccc(SC)cc1. The summed E-state index contributed by atoms with van der Waals surface area (Å²) in [7, 11) is 1.92. The van der Waals surface area contributed by atoms with E-state index in [9.17, 15) is 0 Å². The molecule has 0 spiro atoms. The third kappa shape index (κ3) is 3.72. The molecule has 2 aromatic carbocycles. The van der Waals surface area contributed by atoms with Crippen molar-refractivity contribution in [1.82, 2.24) is 20.1 Å². The van der Waals surface area contributed by atoms with Gasteiger partial charge >= 0.3 is 0 Å². The molecule has 118 valence electrons. The second-order valence-corrected chi connectivity index (χ2v) is 5.82. The Morgan fingerprint density at radius 1 is 1.17 bits per heavy atom. The molecule has 6 heteroatoms. The summed E-state index contributed by atoms with van der Waals surface area (Å²) in [5.41, 5.74) is 2.02. The number of nitrogens with zero attached hydrogens (tertiary/aromatic N) is 3. The van der Waals surface area contributed by atoms with Gasteiger partial charge in [0.2, 0.25) is 0 Å². The van der Waals surface area contributed by atoms with Gasteiger partial charge in [-0.1, -0.05) is 0 Å². The van der Waals surface area contributed by atoms with Gasteiger partial charge in [-0.2, -0.15) is 5.10 Å². The van der Waals surface area contributed by atoms with E-state index in [1.807, 2.05) is 31.3 Å². The summed E-state index contributed by atoms with van der Waals surface area (Å²) in [5, 5.41) is 7.33. The summed E-state index contributed by atoms with van der Waals surface area (Å²) in [6.45, 7) is 0.709. The number of benzene rings is 2. The maximum absolute atomic E-state index is 6.04. The van der Waals surface area contributed by atoms with Crippen LogP contribution in [0.3, 0.4) is 0 Å². The lowest BCUT2D eigenvalue weighted by molar-refractivity contribution is 0.473. The number of hydrogen-bond donors (Lipinski definition) is 1. The van der Waals surface area contributed by atoms with Crippen LogP contribution in [0.2, 0.25) is 0 Å². The van der Waals surface area contributed by atoms with Crippen LogP contribution in [0.4, 0.5) is 0 Å². The van der Waals surface area contributed by atoms with Crippen molar-refractivity contribution in [2.24, 2.45) is 0 Å². The Kier molecular flexibility index (Phi) is 4.95. The van der Waals surface area contributed by atoms with Crippen molar-refractivity contribution < 1.29 is 4.74 Å². The quantitative estimate of drug-likeness (QED) is 0.703. The lowest BCUT2D eigenvalue weighted by Gasteiger charge is -2.13. The fourth-order valence-electron chi connectivity index (χ4n) is 2.25. The number of thioether (sulfide) groups is 1. The van der Waals surface area contributed by atoms with E-state index in [1.165, 1.54) is 11.2 Å². The van der Waals surface area contributed by atoms with Crippen molar-refractivity contribution >= 4 is 11.8 Å². The molecule has 0 unspecified atom stereocenters. The third-order valence-electron chi connectivity index (χ3n) is 3.38. The number of nitrogens with one attached hydrogen (secondary N) is 1. The predicted molar refractivity (Wildman–Crippen MR) is 92.4 cm³/mol.